The number of benzene rings is 1. The SMILES string of the molecule is CCC1(C(=O)O)CCCN(Cc2ccc(C#N)cc2C)C1. The predicted molar refractivity (Wildman–Crippen MR) is 80.8 cm³/mol. The number of carboxylic acids is 1. The second-order valence-electron chi connectivity index (χ2n) is 6.01. The van der Waals surface area contributed by atoms with Crippen LogP contribution in [-0.4, -0.2) is 29.1 Å². The summed E-state index contributed by atoms with van der Waals surface area (Å²) in [6.07, 6.45) is 2.36. The minimum absolute atomic E-state index is 0.598. The van der Waals surface area contributed by atoms with Gasteiger partial charge in [0.1, 0.15) is 0 Å². The largest absolute Gasteiger partial charge is 0.481 e. The fourth-order valence-corrected chi connectivity index (χ4v) is 3.16. The Bertz CT molecular complexity index is 577. The van der Waals surface area contributed by atoms with Crippen LogP contribution in [0, 0.1) is 23.7 Å². The molecule has 21 heavy (non-hydrogen) atoms. The van der Waals surface area contributed by atoms with Gasteiger partial charge in [-0.05, 0) is 56.0 Å². The smallest absolute Gasteiger partial charge is 0.310 e. The van der Waals surface area contributed by atoms with Crippen LogP contribution in [0.1, 0.15) is 42.9 Å². The molecule has 0 spiro atoms. The average Bonchev–Trinajstić information content (AvgIpc) is 2.49. The lowest BCUT2D eigenvalue weighted by Gasteiger charge is -2.39. The first-order valence-corrected chi connectivity index (χ1v) is 7.46. The maximum atomic E-state index is 11.6. The summed E-state index contributed by atoms with van der Waals surface area (Å²) < 4.78 is 0. The van der Waals surface area contributed by atoms with Crippen LogP contribution in [0.3, 0.4) is 0 Å². The molecular weight excluding hydrogens is 264 g/mol. The molecule has 1 unspecified atom stereocenters. The third-order valence-corrected chi connectivity index (χ3v) is 4.65. The molecule has 0 radical (unpaired) electrons. The van der Waals surface area contributed by atoms with Gasteiger partial charge >= 0.3 is 5.97 Å². The molecule has 1 fully saturated rings. The van der Waals surface area contributed by atoms with Crippen molar-refractivity contribution in [2.75, 3.05) is 13.1 Å². The second-order valence-corrected chi connectivity index (χ2v) is 6.01. The highest BCUT2D eigenvalue weighted by Gasteiger charge is 2.40. The van der Waals surface area contributed by atoms with Gasteiger partial charge in [-0.15, -0.1) is 0 Å². The molecule has 1 N–H and O–H groups in total. The molecule has 2 rings (SSSR count). The first-order chi connectivity index (χ1) is 10.0. The number of hydrogen-bond donors (Lipinski definition) is 1. The molecule has 0 amide bonds. The molecule has 0 aliphatic carbocycles. The van der Waals surface area contributed by atoms with E-state index in [0.29, 0.717) is 18.5 Å². The lowest BCUT2D eigenvalue weighted by molar-refractivity contribution is -0.153. The van der Waals surface area contributed by atoms with Crippen molar-refractivity contribution in [2.45, 2.75) is 39.7 Å². The number of aliphatic carboxylic acids is 1. The average molecular weight is 286 g/mol. The minimum Gasteiger partial charge on any atom is -0.481 e. The van der Waals surface area contributed by atoms with E-state index in [0.717, 1.165) is 31.5 Å². The Labute approximate surface area is 126 Å². The number of carboxylic acid groups (broad SMARTS) is 1. The zero-order chi connectivity index (χ0) is 15.5. The van der Waals surface area contributed by atoms with Crippen LogP contribution in [-0.2, 0) is 11.3 Å². The van der Waals surface area contributed by atoms with Crippen LogP contribution in [0.5, 0.6) is 0 Å². The van der Waals surface area contributed by atoms with E-state index in [1.807, 2.05) is 32.0 Å². The summed E-state index contributed by atoms with van der Waals surface area (Å²) in [5, 5.41) is 18.4. The molecule has 1 aromatic rings. The summed E-state index contributed by atoms with van der Waals surface area (Å²) in [6, 6.07) is 7.85. The molecule has 0 bridgehead atoms. The molecule has 0 saturated carbocycles. The first-order valence-electron chi connectivity index (χ1n) is 7.46. The van der Waals surface area contributed by atoms with Gasteiger partial charge < -0.3 is 5.11 Å². The Morgan fingerprint density at radius 1 is 1.52 bits per heavy atom. The summed E-state index contributed by atoms with van der Waals surface area (Å²) in [7, 11) is 0. The Morgan fingerprint density at radius 3 is 2.86 bits per heavy atom. The predicted octanol–water partition coefficient (Wildman–Crippen LogP) is 2.94. The number of hydrogen-bond acceptors (Lipinski definition) is 3. The summed E-state index contributed by atoms with van der Waals surface area (Å²) in [5.41, 5.74) is 2.34. The van der Waals surface area contributed by atoms with Crippen molar-refractivity contribution in [1.29, 1.82) is 5.26 Å². The van der Waals surface area contributed by atoms with Crippen LogP contribution >= 0.6 is 0 Å². The maximum Gasteiger partial charge on any atom is 0.310 e. The van der Waals surface area contributed by atoms with Crippen molar-refractivity contribution in [1.82, 2.24) is 4.90 Å². The molecule has 112 valence electrons. The van der Waals surface area contributed by atoms with Gasteiger partial charge in [0.05, 0.1) is 17.0 Å². The monoisotopic (exact) mass is 286 g/mol. The van der Waals surface area contributed by atoms with Gasteiger partial charge in [0.2, 0.25) is 0 Å². The lowest BCUT2D eigenvalue weighted by atomic mass is 9.77. The standard InChI is InChI=1S/C17H22N2O2/c1-3-17(16(20)21)7-4-8-19(12-17)11-15-6-5-14(10-18)9-13(15)2/h5-6,9H,3-4,7-8,11-12H2,1-2H3,(H,20,21). The zero-order valence-electron chi connectivity index (χ0n) is 12.7. The summed E-state index contributed by atoms with van der Waals surface area (Å²) in [6.45, 7) is 6.27. The number of nitrogens with zero attached hydrogens (tertiary/aromatic N) is 2. The maximum absolute atomic E-state index is 11.6. The van der Waals surface area contributed by atoms with E-state index in [1.54, 1.807) is 0 Å². The number of piperidine rings is 1. The number of rotatable bonds is 4. The van der Waals surface area contributed by atoms with E-state index in [1.165, 1.54) is 5.56 Å². The van der Waals surface area contributed by atoms with Gasteiger partial charge in [-0.3, -0.25) is 9.69 Å². The van der Waals surface area contributed by atoms with Gasteiger partial charge in [0.15, 0.2) is 0 Å². The lowest BCUT2D eigenvalue weighted by Crippen LogP contribution is -2.47. The Morgan fingerprint density at radius 2 is 2.29 bits per heavy atom. The fraction of sp³-hybridized carbons (Fsp3) is 0.529. The molecule has 1 aliphatic heterocycles. The quantitative estimate of drug-likeness (QED) is 0.924. The molecular formula is C17H22N2O2. The van der Waals surface area contributed by atoms with Gasteiger partial charge in [0, 0.05) is 13.1 Å². The molecule has 4 heteroatoms. The Balaban J connectivity index is 2.13. The Kier molecular flexibility index (Phi) is 4.64. The normalized spacial score (nSPS) is 22.7. The second kappa shape index (κ2) is 6.28. The third kappa shape index (κ3) is 3.25. The highest BCUT2D eigenvalue weighted by molar-refractivity contribution is 5.75. The minimum atomic E-state index is -0.675. The van der Waals surface area contributed by atoms with E-state index < -0.39 is 11.4 Å². The van der Waals surface area contributed by atoms with Gasteiger partial charge in [-0.25, -0.2) is 0 Å². The first kappa shape index (κ1) is 15.5. The third-order valence-electron chi connectivity index (χ3n) is 4.65. The van der Waals surface area contributed by atoms with Crippen molar-refractivity contribution < 1.29 is 9.90 Å². The topological polar surface area (TPSA) is 64.3 Å². The van der Waals surface area contributed by atoms with Crippen LogP contribution in [0.15, 0.2) is 18.2 Å². The summed E-state index contributed by atoms with van der Waals surface area (Å²) in [4.78, 5) is 13.8. The molecule has 1 atom stereocenters. The highest BCUT2D eigenvalue weighted by Crippen LogP contribution is 2.34. The van der Waals surface area contributed by atoms with Crippen molar-refractivity contribution in [2.24, 2.45) is 5.41 Å². The van der Waals surface area contributed by atoms with Gasteiger partial charge in [-0.2, -0.15) is 5.26 Å². The summed E-state index contributed by atoms with van der Waals surface area (Å²) in [5.74, 6) is -0.675. The van der Waals surface area contributed by atoms with Gasteiger partial charge in [0.25, 0.3) is 0 Å². The summed E-state index contributed by atoms with van der Waals surface area (Å²) >= 11 is 0. The van der Waals surface area contributed by atoms with Crippen LogP contribution in [0.25, 0.3) is 0 Å². The van der Waals surface area contributed by atoms with E-state index in [9.17, 15) is 9.90 Å². The number of carbonyl (C=O) groups is 1. The van der Waals surface area contributed by atoms with E-state index in [-0.39, 0.29) is 0 Å². The van der Waals surface area contributed by atoms with Crippen molar-refractivity contribution >= 4 is 5.97 Å². The van der Waals surface area contributed by atoms with Crippen molar-refractivity contribution in [3.63, 3.8) is 0 Å². The van der Waals surface area contributed by atoms with Crippen molar-refractivity contribution in [3.8, 4) is 6.07 Å². The fourth-order valence-electron chi connectivity index (χ4n) is 3.16. The van der Waals surface area contributed by atoms with E-state index in [4.69, 9.17) is 5.26 Å². The molecule has 1 aliphatic rings. The Hall–Kier alpha value is -1.86. The van der Waals surface area contributed by atoms with Crippen molar-refractivity contribution in [3.05, 3.63) is 34.9 Å². The van der Waals surface area contributed by atoms with Crippen LogP contribution in [0.4, 0.5) is 0 Å². The highest BCUT2D eigenvalue weighted by atomic mass is 16.4. The number of likely N-dealkylation sites (tertiary alicyclic amines) is 1. The molecule has 0 aromatic heterocycles. The number of nitriles is 1. The molecule has 1 aromatic carbocycles. The molecule has 1 saturated heterocycles. The van der Waals surface area contributed by atoms with Crippen LogP contribution in [0.2, 0.25) is 0 Å². The zero-order valence-corrected chi connectivity index (χ0v) is 12.7. The van der Waals surface area contributed by atoms with E-state index >= 15 is 0 Å². The molecule has 1 heterocycles. The van der Waals surface area contributed by atoms with E-state index in [2.05, 4.69) is 11.0 Å². The number of aryl methyl sites for hydroxylation is 1. The van der Waals surface area contributed by atoms with Gasteiger partial charge in [-0.1, -0.05) is 13.0 Å². The molecule has 4 nitrogen and oxygen atoms in total. The van der Waals surface area contributed by atoms with Crippen LogP contribution < -0.4 is 0 Å².